The monoisotopic (exact) mass is 347 g/mol. The fourth-order valence-electron chi connectivity index (χ4n) is 3.48. The topological polar surface area (TPSA) is 64.6 Å². The molecule has 0 aromatic carbocycles. The molecule has 0 aliphatic carbocycles. The van der Waals surface area contributed by atoms with Crippen LogP contribution < -0.4 is 4.90 Å². The number of ether oxygens (including phenoxy) is 2. The summed E-state index contributed by atoms with van der Waals surface area (Å²) in [6.07, 6.45) is 6.63. The van der Waals surface area contributed by atoms with Crippen molar-refractivity contribution in [3.63, 3.8) is 0 Å². The minimum atomic E-state index is -0.258. The first-order chi connectivity index (χ1) is 11.8. The number of rotatable bonds is 4. The Morgan fingerprint density at radius 1 is 1.33 bits per heavy atom. The summed E-state index contributed by atoms with van der Waals surface area (Å²) in [6, 6.07) is 1.76. The van der Waals surface area contributed by atoms with Crippen LogP contribution in [-0.2, 0) is 14.3 Å². The number of carbonyl (C=O) groups is 1. The molecule has 2 unspecified atom stereocenters. The van der Waals surface area contributed by atoms with Crippen LogP contribution in [-0.4, -0.2) is 47.8 Å². The molecule has 2 aromatic heterocycles. The maximum Gasteiger partial charge on any atom is 0.328 e. The molecule has 2 fully saturated rings. The summed E-state index contributed by atoms with van der Waals surface area (Å²) >= 11 is 1.59. The quantitative estimate of drug-likeness (QED) is 0.793. The van der Waals surface area contributed by atoms with Crippen molar-refractivity contribution in [2.24, 2.45) is 0 Å². The van der Waals surface area contributed by atoms with E-state index in [1.165, 1.54) is 0 Å². The lowest BCUT2D eigenvalue weighted by atomic mass is 10.1. The van der Waals surface area contributed by atoms with Gasteiger partial charge in [0.05, 0.1) is 11.5 Å². The fourth-order valence-corrected chi connectivity index (χ4v) is 4.21. The van der Waals surface area contributed by atoms with Crippen LogP contribution in [0, 0.1) is 0 Å². The lowest BCUT2D eigenvalue weighted by Gasteiger charge is -2.26. The Morgan fingerprint density at radius 2 is 2.29 bits per heavy atom. The molecule has 0 spiro atoms. The molecule has 4 rings (SSSR count). The molecule has 0 saturated carbocycles. The van der Waals surface area contributed by atoms with Crippen LogP contribution in [0.15, 0.2) is 17.8 Å². The average molecular weight is 347 g/mol. The standard InChI is InChI=1S/C17H21N3O3S/c21-17(23-10-12-4-1-2-8-22-12)14-5-3-7-20(14)15-13-6-9-24-16(13)19-11-18-15/h6,9,11-12,14H,1-5,7-8,10H2. The number of anilines is 1. The third-order valence-electron chi connectivity index (χ3n) is 4.72. The lowest BCUT2D eigenvalue weighted by Crippen LogP contribution is -2.39. The maximum absolute atomic E-state index is 12.6. The van der Waals surface area contributed by atoms with E-state index in [-0.39, 0.29) is 18.1 Å². The van der Waals surface area contributed by atoms with Crippen molar-refractivity contribution < 1.29 is 14.3 Å². The molecule has 24 heavy (non-hydrogen) atoms. The van der Waals surface area contributed by atoms with Gasteiger partial charge in [0.15, 0.2) is 0 Å². The molecule has 0 amide bonds. The van der Waals surface area contributed by atoms with E-state index in [1.54, 1.807) is 17.7 Å². The summed E-state index contributed by atoms with van der Waals surface area (Å²) in [7, 11) is 0. The van der Waals surface area contributed by atoms with Crippen molar-refractivity contribution in [2.45, 2.75) is 44.2 Å². The lowest BCUT2D eigenvalue weighted by molar-refractivity contribution is -0.150. The Kier molecular flexibility index (Phi) is 4.62. The van der Waals surface area contributed by atoms with Gasteiger partial charge in [-0.25, -0.2) is 14.8 Å². The average Bonchev–Trinajstić information content (AvgIpc) is 3.29. The van der Waals surface area contributed by atoms with Gasteiger partial charge in [-0.1, -0.05) is 0 Å². The number of hydrogen-bond donors (Lipinski definition) is 0. The molecule has 2 atom stereocenters. The van der Waals surface area contributed by atoms with E-state index >= 15 is 0 Å². The Balaban J connectivity index is 1.46. The second-order valence-corrected chi connectivity index (χ2v) is 7.20. The van der Waals surface area contributed by atoms with Crippen molar-refractivity contribution in [2.75, 3.05) is 24.7 Å². The van der Waals surface area contributed by atoms with Crippen LogP contribution in [0.3, 0.4) is 0 Å². The molecule has 2 saturated heterocycles. The van der Waals surface area contributed by atoms with Gasteiger partial charge in [0, 0.05) is 13.2 Å². The van der Waals surface area contributed by atoms with E-state index in [2.05, 4.69) is 14.9 Å². The van der Waals surface area contributed by atoms with Crippen molar-refractivity contribution in [1.29, 1.82) is 0 Å². The van der Waals surface area contributed by atoms with E-state index in [0.29, 0.717) is 6.61 Å². The molecule has 6 nitrogen and oxygen atoms in total. The Morgan fingerprint density at radius 3 is 3.17 bits per heavy atom. The number of hydrogen-bond acceptors (Lipinski definition) is 7. The highest BCUT2D eigenvalue weighted by atomic mass is 32.1. The number of carbonyl (C=O) groups excluding carboxylic acids is 1. The first-order valence-electron chi connectivity index (χ1n) is 8.56. The molecule has 0 N–H and O–H groups in total. The first kappa shape index (κ1) is 15.8. The zero-order chi connectivity index (χ0) is 16.4. The van der Waals surface area contributed by atoms with Crippen LogP contribution in [0.1, 0.15) is 32.1 Å². The molecule has 2 aromatic rings. The summed E-state index contributed by atoms with van der Waals surface area (Å²) in [5.41, 5.74) is 0. The largest absolute Gasteiger partial charge is 0.461 e. The predicted octanol–water partition coefficient (Wildman–Crippen LogP) is 2.77. The van der Waals surface area contributed by atoms with Gasteiger partial charge in [0.2, 0.25) is 0 Å². The fraction of sp³-hybridized carbons (Fsp3) is 0.588. The smallest absolute Gasteiger partial charge is 0.328 e. The van der Waals surface area contributed by atoms with Crippen LogP contribution in [0.4, 0.5) is 5.82 Å². The summed E-state index contributed by atoms with van der Waals surface area (Å²) in [5.74, 6) is 0.679. The highest BCUT2D eigenvalue weighted by Gasteiger charge is 2.34. The highest BCUT2D eigenvalue weighted by Crippen LogP contribution is 2.32. The van der Waals surface area contributed by atoms with Gasteiger partial charge in [-0.3, -0.25) is 0 Å². The summed E-state index contributed by atoms with van der Waals surface area (Å²) < 4.78 is 11.2. The van der Waals surface area contributed by atoms with Gasteiger partial charge in [0.25, 0.3) is 0 Å². The van der Waals surface area contributed by atoms with Crippen molar-refractivity contribution >= 4 is 33.3 Å². The molecule has 0 radical (unpaired) electrons. The second kappa shape index (κ2) is 7.03. The molecule has 7 heteroatoms. The zero-order valence-corrected chi connectivity index (χ0v) is 14.3. The molecule has 128 valence electrons. The van der Waals surface area contributed by atoms with E-state index in [1.807, 2.05) is 11.4 Å². The van der Waals surface area contributed by atoms with Crippen molar-refractivity contribution in [3.8, 4) is 0 Å². The van der Waals surface area contributed by atoms with E-state index in [9.17, 15) is 4.79 Å². The second-order valence-electron chi connectivity index (χ2n) is 6.31. The summed E-state index contributed by atoms with van der Waals surface area (Å²) in [6.45, 7) is 1.96. The molecule has 4 heterocycles. The van der Waals surface area contributed by atoms with E-state index in [0.717, 1.165) is 61.3 Å². The number of thiophene rings is 1. The summed E-state index contributed by atoms with van der Waals surface area (Å²) in [4.78, 5) is 24.3. The SMILES string of the molecule is O=C(OCC1CCCCO1)C1CCCN1c1ncnc2sccc12. The van der Waals surface area contributed by atoms with Crippen LogP contribution >= 0.6 is 11.3 Å². The predicted molar refractivity (Wildman–Crippen MR) is 92.3 cm³/mol. The molecule has 0 bridgehead atoms. The highest BCUT2D eigenvalue weighted by molar-refractivity contribution is 7.16. The van der Waals surface area contributed by atoms with Gasteiger partial charge in [-0.05, 0) is 43.6 Å². The number of esters is 1. The van der Waals surface area contributed by atoms with Crippen LogP contribution in [0.25, 0.3) is 10.2 Å². The van der Waals surface area contributed by atoms with Crippen LogP contribution in [0.2, 0.25) is 0 Å². The third kappa shape index (κ3) is 3.10. The normalized spacial score (nSPS) is 24.4. The maximum atomic E-state index is 12.6. The minimum absolute atomic E-state index is 0.0557. The van der Waals surface area contributed by atoms with Gasteiger partial charge in [0.1, 0.15) is 29.6 Å². The Bertz CT molecular complexity index is 714. The van der Waals surface area contributed by atoms with E-state index < -0.39 is 0 Å². The Hall–Kier alpha value is -1.73. The third-order valence-corrected chi connectivity index (χ3v) is 5.54. The van der Waals surface area contributed by atoms with Crippen molar-refractivity contribution in [3.05, 3.63) is 17.8 Å². The van der Waals surface area contributed by atoms with Gasteiger partial charge < -0.3 is 14.4 Å². The molecular formula is C17H21N3O3S. The molecular weight excluding hydrogens is 326 g/mol. The number of fused-ring (bicyclic) bond motifs is 1. The number of aromatic nitrogens is 2. The minimum Gasteiger partial charge on any atom is -0.461 e. The molecule has 2 aliphatic rings. The summed E-state index contributed by atoms with van der Waals surface area (Å²) in [5, 5.41) is 3.02. The number of nitrogens with zero attached hydrogens (tertiary/aromatic N) is 3. The zero-order valence-electron chi connectivity index (χ0n) is 13.5. The van der Waals surface area contributed by atoms with E-state index in [4.69, 9.17) is 9.47 Å². The van der Waals surface area contributed by atoms with Crippen molar-refractivity contribution in [1.82, 2.24) is 9.97 Å². The van der Waals surface area contributed by atoms with Gasteiger partial charge in [-0.2, -0.15) is 0 Å². The van der Waals surface area contributed by atoms with Crippen LogP contribution in [0.5, 0.6) is 0 Å². The Labute approximate surface area is 144 Å². The first-order valence-corrected chi connectivity index (χ1v) is 9.44. The van der Waals surface area contributed by atoms with Gasteiger partial charge in [-0.15, -0.1) is 11.3 Å². The van der Waals surface area contributed by atoms with Gasteiger partial charge >= 0.3 is 5.97 Å². The molecule has 2 aliphatic heterocycles.